The highest BCUT2D eigenvalue weighted by atomic mass is 35.5. The average Bonchev–Trinajstić information content (AvgIpc) is 2.65. The van der Waals surface area contributed by atoms with Crippen molar-refractivity contribution in [2.75, 3.05) is 13.7 Å². The summed E-state index contributed by atoms with van der Waals surface area (Å²) in [7, 11) is 1.32. The highest BCUT2D eigenvalue weighted by molar-refractivity contribution is 6.32. The largest absolute Gasteiger partial charge is 0.465 e. The maximum Gasteiger partial charge on any atom is 0.337 e. The first-order chi connectivity index (χ1) is 13.8. The van der Waals surface area contributed by atoms with Crippen molar-refractivity contribution in [3.8, 4) is 0 Å². The quantitative estimate of drug-likeness (QED) is 0.502. The van der Waals surface area contributed by atoms with Crippen LogP contribution in [0, 0.1) is 0 Å². The van der Waals surface area contributed by atoms with Gasteiger partial charge in [0.25, 0.3) is 5.91 Å². The molecule has 0 saturated carbocycles. The number of pyridine rings is 1. The zero-order valence-electron chi connectivity index (χ0n) is 15.9. The standard InChI is InChI=1S/C20H20Cl2N2O5/c1-12(7-13-3-5-15(6-4-13)20(27)28-2)23-18(25)11-29-19(26)10-14-8-16(21)24-17(22)9-14/h3-6,8-9,12H,7,10-11H2,1-2H3,(H,23,25). The highest BCUT2D eigenvalue weighted by Crippen LogP contribution is 2.15. The Morgan fingerprint density at radius 3 is 2.28 bits per heavy atom. The average molecular weight is 439 g/mol. The minimum absolute atomic E-state index is 0.0721. The van der Waals surface area contributed by atoms with Gasteiger partial charge in [0.15, 0.2) is 6.61 Å². The van der Waals surface area contributed by atoms with Gasteiger partial charge in [-0.2, -0.15) is 0 Å². The van der Waals surface area contributed by atoms with Crippen LogP contribution in [-0.2, 0) is 31.9 Å². The van der Waals surface area contributed by atoms with Crippen molar-refractivity contribution >= 4 is 41.0 Å². The van der Waals surface area contributed by atoms with E-state index in [2.05, 4.69) is 15.0 Å². The molecule has 0 radical (unpaired) electrons. The normalized spacial score (nSPS) is 11.4. The Labute approximate surface area is 178 Å². The van der Waals surface area contributed by atoms with Crippen LogP contribution >= 0.6 is 23.2 Å². The van der Waals surface area contributed by atoms with Gasteiger partial charge in [-0.15, -0.1) is 0 Å². The number of esters is 2. The molecule has 1 unspecified atom stereocenters. The Hall–Kier alpha value is -2.64. The van der Waals surface area contributed by atoms with Crippen molar-refractivity contribution in [2.24, 2.45) is 0 Å². The molecule has 29 heavy (non-hydrogen) atoms. The van der Waals surface area contributed by atoms with Gasteiger partial charge < -0.3 is 14.8 Å². The van der Waals surface area contributed by atoms with E-state index in [1.807, 2.05) is 6.92 Å². The van der Waals surface area contributed by atoms with Gasteiger partial charge in [0.05, 0.1) is 19.1 Å². The fourth-order valence-corrected chi connectivity index (χ4v) is 3.10. The first-order valence-electron chi connectivity index (χ1n) is 8.71. The van der Waals surface area contributed by atoms with Crippen molar-refractivity contribution in [3.63, 3.8) is 0 Å². The number of rotatable bonds is 8. The predicted octanol–water partition coefficient (Wildman–Crippen LogP) is 3.01. The lowest BCUT2D eigenvalue weighted by atomic mass is 10.1. The molecule has 1 atom stereocenters. The van der Waals surface area contributed by atoms with Crippen molar-refractivity contribution in [1.82, 2.24) is 10.3 Å². The smallest absolute Gasteiger partial charge is 0.337 e. The zero-order valence-corrected chi connectivity index (χ0v) is 17.4. The topological polar surface area (TPSA) is 94.6 Å². The first-order valence-corrected chi connectivity index (χ1v) is 9.46. The molecule has 0 saturated heterocycles. The molecular weight excluding hydrogens is 419 g/mol. The second-order valence-electron chi connectivity index (χ2n) is 6.32. The molecule has 2 rings (SSSR count). The highest BCUT2D eigenvalue weighted by Gasteiger charge is 2.13. The SMILES string of the molecule is COC(=O)c1ccc(CC(C)NC(=O)COC(=O)Cc2cc(Cl)nc(Cl)c2)cc1. The number of ether oxygens (including phenoxy) is 2. The fourth-order valence-electron chi connectivity index (χ4n) is 2.60. The fraction of sp³-hybridized carbons (Fsp3) is 0.300. The number of methoxy groups -OCH3 is 1. The summed E-state index contributed by atoms with van der Waals surface area (Å²) in [6, 6.07) is 9.72. The number of carbonyl (C=O) groups is 3. The van der Waals surface area contributed by atoms with E-state index in [4.69, 9.17) is 27.9 Å². The lowest BCUT2D eigenvalue weighted by molar-refractivity contribution is -0.148. The van der Waals surface area contributed by atoms with E-state index in [0.29, 0.717) is 17.5 Å². The van der Waals surface area contributed by atoms with Gasteiger partial charge in [-0.25, -0.2) is 9.78 Å². The molecule has 1 aromatic heterocycles. The van der Waals surface area contributed by atoms with Crippen LogP contribution in [0.1, 0.15) is 28.4 Å². The molecule has 154 valence electrons. The van der Waals surface area contributed by atoms with Gasteiger partial charge in [0, 0.05) is 6.04 Å². The van der Waals surface area contributed by atoms with Crippen molar-refractivity contribution < 1.29 is 23.9 Å². The van der Waals surface area contributed by atoms with Crippen LogP contribution in [0.2, 0.25) is 10.3 Å². The van der Waals surface area contributed by atoms with Gasteiger partial charge in [-0.05, 0) is 48.7 Å². The molecular formula is C20H20Cl2N2O5. The summed E-state index contributed by atoms with van der Waals surface area (Å²) in [5.41, 5.74) is 1.94. The van der Waals surface area contributed by atoms with Crippen LogP contribution in [0.25, 0.3) is 0 Å². The van der Waals surface area contributed by atoms with Gasteiger partial charge >= 0.3 is 11.9 Å². The van der Waals surface area contributed by atoms with Crippen LogP contribution < -0.4 is 5.32 Å². The van der Waals surface area contributed by atoms with Crippen LogP contribution in [0.4, 0.5) is 0 Å². The van der Waals surface area contributed by atoms with Gasteiger partial charge in [-0.3, -0.25) is 9.59 Å². The molecule has 0 aliphatic rings. The maximum atomic E-state index is 12.0. The third-order valence-electron chi connectivity index (χ3n) is 3.86. The van der Waals surface area contributed by atoms with Crippen LogP contribution in [-0.4, -0.2) is 42.6 Å². The summed E-state index contributed by atoms with van der Waals surface area (Å²) < 4.78 is 9.64. The summed E-state index contributed by atoms with van der Waals surface area (Å²) in [6.45, 7) is 1.44. The number of nitrogens with zero attached hydrogens (tertiary/aromatic N) is 1. The Morgan fingerprint density at radius 2 is 1.69 bits per heavy atom. The molecule has 0 bridgehead atoms. The van der Waals surface area contributed by atoms with Gasteiger partial charge in [0.1, 0.15) is 10.3 Å². The van der Waals surface area contributed by atoms with E-state index in [9.17, 15) is 14.4 Å². The second-order valence-corrected chi connectivity index (χ2v) is 7.09. The number of benzene rings is 1. The van der Waals surface area contributed by atoms with E-state index in [1.165, 1.54) is 19.2 Å². The Bertz CT molecular complexity index is 867. The molecule has 0 aliphatic carbocycles. The molecule has 7 nitrogen and oxygen atoms in total. The monoisotopic (exact) mass is 438 g/mol. The molecule has 1 N–H and O–H groups in total. The molecule has 0 aliphatic heterocycles. The number of hydrogen-bond donors (Lipinski definition) is 1. The Balaban J connectivity index is 1.76. The molecule has 1 aromatic carbocycles. The third kappa shape index (κ3) is 7.71. The lowest BCUT2D eigenvalue weighted by Crippen LogP contribution is -2.37. The summed E-state index contributed by atoms with van der Waals surface area (Å²) in [4.78, 5) is 39.1. The number of halogens is 2. The number of carbonyl (C=O) groups excluding carboxylic acids is 3. The summed E-state index contributed by atoms with van der Waals surface area (Å²) in [6.07, 6.45) is 0.479. The third-order valence-corrected chi connectivity index (χ3v) is 4.25. The summed E-state index contributed by atoms with van der Waals surface area (Å²) in [5.74, 6) is -1.40. The summed E-state index contributed by atoms with van der Waals surface area (Å²) in [5, 5.41) is 3.10. The molecule has 1 heterocycles. The Morgan fingerprint density at radius 1 is 1.07 bits per heavy atom. The molecule has 2 aromatic rings. The van der Waals surface area contributed by atoms with Crippen LogP contribution in [0.5, 0.6) is 0 Å². The zero-order chi connectivity index (χ0) is 21.4. The maximum absolute atomic E-state index is 12.0. The molecule has 0 fully saturated rings. The van der Waals surface area contributed by atoms with Gasteiger partial charge in [-0.1, -0.05) is 35.3 Å². The number of nitrogens with one attached hydrogen (secondary N) is 1. The van der Waals surface area contributed by atoms with E-state index >= 15 is 0 Å². The van der Waals surface area contributed by atoms with Crippen molar-refractivity contribution in [3.05, 3.63) is 63.4 Å². The van der Waals surface area contributed by atoms with E-state index < -0.39 is 24.5 Å². The van der Waals surface area contributed by atoms with Gasteiger partial charge in [0.2, 0.25) is 0 Å². The van der Waals surface area contributed by atoms with E-state index in [0.717, 1.165) is 5.56 Å². The minimum Gasteiger partial charge on any atom is -0.465 e. The first kappa shape index (κ1) is 22.6. The summed E-state index contributed by atoms with van der Waals surface area (Å²) >= 11 is 11.6. The number of amides is 1. The van der Waals surface area contributed by atoms with Crippen LogP contribution in [0.3, 0.4) is 0 Å². The number of hydrogen-bond acceptors (Lipinski definition) is 6. The van der Waals surface area contributed by atoms with Crippen molar-refractivity contribution in [2.45, 2.75) is 25.8 Å². The molecule has 1 amide bonds. The lowest BCUT2D eigenvalue weighted by Gasteiger charge is -2.14. The predicted molar refractivity (Wildman–Crippen MR) is 108 cm³/mol. The molecule has 9 heteroatoms. The molecule has 0 spiro atoms. The minimum atomic E-state index is -0.579. The van der Waals surface area contributed by atoms with E-state index in [1.54, 1.807) is 24.3 Å². The van der Waals surface area contributed by atoms with Crippen LogP contribution in [0.15, 0.2) is 36.4 Å². The van der Waals surface area contributed by atoms with E-state index in [-0.39, 0.29) is 22.8 Å². The second kappa shape index (κ2) is 10.8. The van der Waals surface area contributed by atoms with Crippen molar-refractivity contribution in [1.29, 1.82) is 0 Å². The number of aromatic nitrogens is 1. The Kier molecular flexibility index (Phi) is 8.42.